The molecule has 2 N–H and O–H groups in total. The van der Waals surface area contributed by atoms with Crippen LogP contribution in [0.15, 0.2) is 18.2 Å². The molecule has 1 aromatic carbocycles. The Morgan fingerprint density at radius 2 is 1.88 bits per heavy atom. The second-order valence-corrected chi connectivity index (χ2v) is 4.40. The number of hydrogen-bond acceptors (Lipinski definition) is 1. The van der Waals surface area contributed by atoms with Gasteiger partial charge in [-0.05, 0) is 30.0 Å². The molecular formula is C12H16F3N. The van der Waals surface area contributed by atoms with Gasteiger partial charge in [-0.15, -0.1) is 0 Å². The van der Waals surface area contributed by atoms with Crippen LogP contribution in [0, 0.1) is 17.6 Å². The maximum Gasteiger partial charge on any atom is 0.159 e. The van der Waals surface area contributed by atoms with E-state index in [0.29, 0.717) is 0 Å². The van der Waals surface area contributed by atoms with Gasteiger partial charge in [0.1, 0.15) is 5.67 Å². The van der Waals surface area contributed by atoms with Crippen molar-refractivity contribution in [2.24, 2.45) is 11.7 Å². The van der Waals surface area contributed by atoms with Crippen LogP contribution in [0.3, 0.4) is 0 Å². The molecule has 16 heavy (non-hydrogen) atoms. The van der Waals surface area contributed by atoms with Gasteiger partial charge in [-0.2, -0.15) is 0 Å². The van der Waals surface area contributed by atoms with E-state index >= 15 is 0 Å². The number of rotatable bonds is 4. The third-order valence-electron chi connectivity index (χ3n) is 2.49. The average Bonchev–Trinajstić information content (AvgIpc) is 2.21. The van der Waals surface area contributed by atoms with Crippen LogP contribution >= 0.6 is 0 Å². The van der Waals surface area contributed by atoms with Gasteiger partial charge < -0.3 is 5.73 Å². The van der Waals surface area contributed by atoms with E-state index in [-0.39, 0.29) is 24.4 Å². The van der Waals surface area contributed by atoms with Crippen molar-refractivity contribution in [3.05, 3.63) is 35.4 Å². The summed E-state index contributed by atoms with van der Waals surface area (Å²) in [5.74, 6) is -1.94. The Hall–Kier alpha value is -1.03. The molecule has 4 heteroatoms. The molecule has 0 fully saturated rings. The fourth-order valence-corrected chi connectivity index (χ4v) is 1.74. The minimum atomic E-state index is -1.79. The van der Waals surface area contributed by atoms with Crippen molar-refractivity contribution in [2.75, 3.05) is 6.54 Å². The highest BCUT2D eigenvalue weighted by atomic mass is 19.2. The maximum atomic E-state index is 14.4. The summed E-state index contributed by atoms with van der Waals surface area (Å²) in [5.41, 5.74) is 3.69. The number of hydrogen-bond donors (Lipinski definition) is 1. The van der Waals surface area contributed by atoms with E-state index in [2.05, 4.69) is 0 Å². The third kappa shape index (κ3) is 2.76. The molecule has 1 atom stereocenters. The van der Waals surface area contributed by atoms with Crippen LogP contribution in [0.2, 0.25) is 0 Å². The summed E-state index contributed by atoms with van der Waals surface area (Å²) in [5, 5.41) is 0. The fourth-order valence-electron chi connectivity index (χ4n) is 1.74. The number of alkyl halides is 1. The standard InChI is InChI=1S/C12H16F3N/c1-8(2)6-12(15,7-16)9-3-4-10(13)11(14)5-9/h3-5,8H,6-7,16H2,1-2H3. The second-order valence-electron chi connectivity index (χ2n) is 4.40. The zero-order valence-electron chi connectivity index (χ0n) is 9.43. The molecule has 0 aliphatic rings. The summed E-state index contributed by atoms with van der Waals surface area (Å²) in [6.45, 7) is 3.46. The summed E-state index contributed by atoms with van der Waals surface area (Å²) < 4.78 is 40.1. The Balaban J connectivity index is 3.07. The van der Waals surface area contributed by atoms with Gasteiger partial charge >= 0.3 is 0 Å². The van der Waals surface area contributed by atoms with Gasteiger partial charge in [0.15, 0.2) is 11.6 Å². The van der Waals surface area contributed by atoms with Crippen LogP contribution in [0.5, 0.6) is 0 Å². The summed E-state index contributed by atoms with van der Waals surface area (Å²) in [4.78, 5) is 0. The molecule has 1 unspecified atom stereocenters. The largest absolute Gasteiger partial charge is 0.327 e. The Labute approximate surface area is 93.5 Å². The van der Waals surface area contributed by atoms with Gasteiger partial charge in [0.2, 0.25) is 0 Å². The number of halogens is 3. The third-order valence-corrected chi connectivity index (χ3v) is 2.49. The molecule has 0 aliphatic heterocycles. The van der Waals surface area contributed by atoms with Crippen LogP contribution < -0.4 is 5.73 Å². The summed E-state index contributed by atoms with van der Waals surface area (Å²) in [6, 6.07) is 3.05. The molecule has 1 rings (SSSR count). The first-order valence-electron chi connectivity index (χ1n) is 5.23. The first-order chi connectivity index (χ1) is 7.39. The van der Waals surface area contributed by atoms with Crippen molar-refractivity contribution in [3.63, 3.8) is 0 Å². The van der Waals surface area contributed by atoms with E-state index in [9.17, 15) is 13.2 Å². The smallest absolute Gasteiger partial charge is 0.159 e. The van der Waals surface area contributed by atoms with Crippen molar-refractivity contribution in [3.8, 4) is 0 Å². The van der Waals surface area contributed by atoms with Crippen LogP contribution in [0.1, 0.15) is 25.8 Å². The summed E-state index contributed by atoms with van der Waals surface area (Å²) in [7, 11) is 0. The molecule has 0 heterocycles. The molecule has 0 aromatic heterocycles. The van der Waals surface area contributed by atoms with Gasteiger partial charge in [0.05, 0.1) is 0 Å². The van der Waals surface area contributed by atoms with E-state index in [1.807, 2.05) is 13.8 Å². The lowest BCUT2D eigenvalue weighted by molar-refractivity contribution is 0.139. The minimum Gasteiger partial charge on any atom is -0.327 e. The van der Waals surface area contributed by atoms with Crippen LogP contribution in [-0.2, 0) is 5.67 Å². The van der Waals surface area contributed by atoms with Crippen molar-refractivity contribution < 1.29 is 13.2 Å². The van der Waals surface area contributed by atoms with E-state index in [4.69, 9.17) is 5.73 Å². The van der Waals surface area contributed by atoms with Crippen molar-refractivity contribution in [1.29, 1.82) is 0 Å². The van der Waals surface area contributed by atoms with Crippen LogP contribution in [-0.4, -0.2) is 6.54 Å². The lowest BCUT2D eigenvalue weighted by Gasteiger charge is -2.26. The molecule has 0 bridgehead atoms. The predicted molar refractivity (Wildman–Crippen MR) is 57.7 cm³/mol. The molecule has 1 aromatic rings. The zero-order valence-corrected chi connectivity index (χ0v) is 9.43. The fraction of sp³-hybridized carbons (Fsp3) is 0.500. The zero-order chi connectivity index (χ0) is 12.3. The van der Waals surface area contributed by atoms with Gasteiger partial charge in [-0.1, -0.05) is 19.9 Å². The van der Waals surface area contributed by atoms with Gasteiger partial charge in [0.25, 0.3) is 0 Å². The highest BCUT2D eigenvalue weighted by molar-refractivity contribution is 5.25. The Morgan fingerprint density at radius 1 is 1.25 bits per heavy atom. The monoisotopic (exact) mass is 231 g/mol. The second kappa shape index (κ2) is 4.87. The summed E-state index contributed by atoms with van der Waals surface area (Å²) in [6.07, 6.45) is 0.189. The number of nitrogens with two attached hydrogens (primary N) is 1. The molecule has 1 nitrogen and oxygen atoms in total. The lowest BCUT2D eigenvalue weighted by atomic mass is 9.87. The summed E-state index contributed by atoms with van der Waals surface area (Å²) >= 11 is 0. The number of benzene rings is 1. The topological polar surface area (TPSA) is 26.0 Å². The maximum absolute atomic E-state index is 14.4. The molecule has 0 aliphatic carbocycles. The van der Waals surface area contributed by atoms with E-state index < -0.39 is 17.3 Å². The normalized spacial score (nSPS) is 15.2. The van der Waals surface area contributed by atoms with E-state index in [1.165, 1.54) is 6.07 Å². The molecule has 90 valence electrons. The average molecular weight is 231 g/mol. The van der Waals surface area contributed by atoms with Crippen LogP contribution in [0.25, 0.3) is 0 Å². The molecule has 0 amide bonds. The Bertz CT molecular complexity index is 365. The highest BCUT2D eigenvalue weighted by Gasteiger charge is 2.32. The first kappa shape index (κ1) is 13.0. The quantitative estimate of drug-likeness (QED) is 0.846. The molecule has 0 saturated carbocycles. The SMILES string of the molecule is CC(C)CC(F)(CN)c1ccc(F)c(F)c1. The van der Waals surface area contributed by atoms with Crippen molar-refractivity contribution in [2.45, 2.75) is 25.9 Å². The molecular weight excluding hydrogens is 215 g/mol. The van der Waals surface area contributed by atoms with Gasteiger partial charge in [0, 0.05) is 6.54 Å². The van der Waals surface area contributed by atoms with Crippen molar-refractivity contribution >= 4 is 0 Å². The minimum absolute atomic E-state index is 0.0849. The Kier molecular flexibility index (Phi) is 3.97. The van der Waals surface area contributed by atoms with E-state index in [0.717, 1.165) is 12.1 Å². The first-order valence-corrected chi connectivity index (χ1v) is 5.23. The molecule has 0 radical (unpaired) electrons. The predicted octanol–water partition coefficient (Wildman–Crippen LogP) is 3.13. The lowest BCUT2D eigenvalue weighted by Crippen LogP contribution is -2.32. The molecule has 0 spiro atoms. The molecule has 0 saturated heterocycles. The highest BCUT2D eigenvalue weighted by Crippen LogP contribution is 2.32. The van der Waals surface area contributed by atoms with Gasteiger partial charge in [-0.3, -0.25) is 0 Å². The van der Waals surface area contributed by atoms with E-state index in [1.54, 1.807) is 0 Å². The van der Waals surface area contributed by atoms with Crippen LogP contribution in [0.4, 0.5) is 13.2 Å². The van der Waals surface area contributed by atoms with Crippen molar-refractivity contribution in [1.82, 2.24) is 0 Å². The van der Waals surface area contributed by atoms with Gasteiger partial charge in [-0.25, -0.2) is 13.2 Å². The Morgan fingerprint density at radius 3 is 2.31 bits per heavy atom.